The van der Waals surface area contributed by atoms with Crippen molar-refractivity contribution in [1.29, 1.82) is 0 Å². The molecule has 0 saturated heterocycles. The molecule has 0 bridgehead atoms. The molecule has 0 saturated carbocycles. The first-order valence-corrected chi connectivity index (χ1v) is 6.50. The molecule has 100 valence electrons. The third-order valence-electron chi connectivity index (χ3n) is 2.85. The second kappa shape index (κ2) is 6.29. The quantitative estimate of drug-likeness (QED) is 0.893. The monoisotopic (exact) mass is 256 g/mol. The Hall–Kier alpha value is -1.94. The highest BCUT2D eigenvalue weighted by atomic mass is 15.2. The summed E-state index contributed by atoms with van der Waals surface area (Å²) in [6, 6.07) is 10.6. The fourth-order valence-corrected chi connectivity index (χ4v) is 1.70. The number of nitrogens with one attached hydrogen (secondary N) is 1. The van der Waals surface area contributed by atoms with Gasteiger partial charge in [-0.05, 0) is 12.1 Å². The van der Waals surface area contributed by atoms with Crippen LogP contribution in [0.25, 0.3) is 0 Å². The predicted molar refractivity (Wildman–Crippen MR) is 78.5 cm³/mol. The molecule has 0 aliphatic heterocycles. The molecule has 0 atom stereocenters. The first-order chi connectivity index (χ1) is 9.16. The van der Waals surface area contributed by atoms with Crippen LogP contribution in [0.2, 0.25) is 0 Å². The molecule has 1 aromatic heterocycles. The number of hydrogen-bond acceptors (Lipinski definition) is 4. The van der Waals surface area contributed by atoms with Gasteiger partial charge in [-0.15, -0.1) is 0 Å². The first-order valence-electron chi connectivity index (χ1n) is 6.50. The maximum atomic E-state index is 4.41. The average Bonchev–Trinajstić information content (AvgIpc) is 2.46. The van der Waals surface area contributed by atoms with Crippen LogP contribution in [-0.2, 0) is 6.54 Å². The summed E-state index contributed by atoms with van der Waals surface area (Å²) in [6.45, 7) is 5.05. The zero-order chi connectivity index (χ0) is 13.7. The van der Waals surface area contributed by atoms with E-state index in [1.807, 2.05) is 54.7 Å². The van der Waals surface area contributed by atoms with E-state index in [1.165, 1.54) is 0 Å². The second-order valence-electron chi connectivity index (χ2n) is 4.82. The lowest BCUT2D eigenvalue weighted by molar-refractivity contribution is 0.587. The maximum Gasteiger partial charge on any atom is 0.229 e. The lowest BCUT2D eigenvalue weighted by atomic mass is 10.3. The minimum atomic E-state index is 0.465. The fraction of sp³-hybridized carbons (Fsp3) is 0.333. The standard InChI is InChI=1S/C15H20N4/c1-12(2)16-9-13-10-17-15(18-11-13)19(3)14-7-5-4-6-8-14/h4-8,10-12,16H,9H2,1-3H3. The van der Waals surface area contributed by atoms with Gasteiger partial charge >= 0.3 is 0 Å². The Balaban J connectivity index is 2.06. The molecule has 4 heteroatoms. The van der Waals surface area contributed by atoms with Crippen LogP contribution in [-0.4, -0.2) is 23.1 Å². The van der Waals surface area contributed by atoms with E-state index in [0.717, 1.165) is 17.8 Å². The zero-order valence-corrected chi connectivity index (χ0v) is 11.7. The van der Waals surface area contributed by atoms with Gasteiger partial charge in [0.05, 0.1) is 0 Å². The molecule has 2 aromatic rings. The fourth-order valence-electron chi connectivity index (χ4n) is 1.70. The largest absolute Gasteiger partial charge is 0.314 e. The van der Waals surface area contributed by atoms with E-state index in [2.05, 4.69) is 29.1 Å². The van der Waals surface area contributed by atoms with Gasteiger partial charge in [-0.1, -0.05) is 32.0 Å². The lowest BCUT2D eigenvalue weighted by Gasteiger charge is -2.17. The number of anilines is 2. The average molecular weight is 256 g/mol. The number of hydrogen-bond donors (Lipinski definition) is 1. The molecule has 2 rings (SSSR count). The van der Waals surface area contributed by atoms with Crippen molar-refractivity contribution < 1.29 is 0 Å². The van der Waals surface area contributed by atoms with Gasteiger partial charge in [-0.25, -0.2) is 9.97 Å². The Bertz CT molecular complexity index is 493. The van der Waals surface area contributed by atoms with Crippen molar-refractivity contribution in [3.05, 3.63) is 48.3 Å². The smallest absolute Gasteiger partial charge is 0.229 e. The molecule has 0 radical (unpaired) electrons. The molecular weight excluding hydrogens is 236 g/mol. The third-order valence-corrected chi connectivity index (χ3v) is 2.85. The molecule has 19 heavy (non-hydrogen) atoms. The van der Waals surface area contributed by atoms with E-state index < -0.39 is 0 Å². The summed E-state index contributed by atoms with van der Waals surface area (Å²) in [5.41, 5.74) is 2.18. The molecule has 1 aromatic carbocycles. The van der Waals surface area contributed by atoms with Crippen molar-refractivity contribution in [2.75, 3.05) is 11.9 Å². The Morgan fingerprint density at radius 2 is 1.74 bits per heavy atom. The molecule has 0 aliphatic rings. The summed E-state index contributed by atoms with van der Waals surface area (Å²) in [5.74, 6) is 0.708. The number of aromatic nitrogens is 2. The van der Waals surface area contributed by atoms with Crippen LogP contribution in [0.4, 0.5) is 11.6 Å². The van der Waals surface area contributed by atoms with Crippen molar-refractivity contribution in [3.8, 4) is 0 Å². The molecule has 1 N–H and O–H groups in total. The molecule has 4 nitrogen and oxygen atoms in total. The first kappa shape index (κ1) is 13.5. The van der Waals surface area contributed by atoms with Crippen LogP contribution in [0.15, 0.2) is 42.7 Å². The van der Waals surface area contributed by atoms with Crippen LogP contribution in [0.5, 0.6) is 0 Å². The van der Waals surface area contributed by atoms with E-state index in [-0.39, 0.29) is 0 Å². The number of para-hydroxylation sites is 1. The Kier molecular flexibility index (Phi) is 4.47. The van der Waals surface area contributed by atoms with Crippen molar-refractivity contribution in [1.82, 2.24) is 15.3 Å². The van der Waals surface area contributed by atoms with Crippen molar-refractivity contribution >= 4 is 11.6 Å². The summed E-state index contributed by atoms with van der Waals surface area (Å²) in [6.07, 6.45) is 3.74. The van der Waals surface area contributed by atoms with Gasteiger partial charge in [0.15, 0.2) is 0 Å². The number of benzene rings is 1. The SMILES string of the molecule is CC(C)NCc1cnc(N(C)c2ccccc2)nc1. The number of nitrogens with zero attached hydrogens (tertiary/aromatic N) is 3. The van der Waals surface area contributed by atoms with Gasteiger partial charge in [0.1, 0.15) is 0 Å². The van der Waals surface area contributed by atoms with Gasteiger partial charge in [0.25, 0.3) is 0 Å². The van der Waals surface area contributed by atoms with Crippen LogP contribution in [0, 0.1) is 0 Å². The van der Waals surface area contributed by atoms with Crippen molar-refractivity contribution in [2.45, 2.75) is 26.4 Å². The van der Waals surface area contributed by atoms with E-state index in [4.69, 9.17) is 0 Å². The van der Waals surface area contributed by atoms with E-state index >= 15 is 0 Å². The Morgan fingerprint density at radius 1 is 1.11 bits per heavy atom. The molecule has 0 aliphatic carbocycles. The Labute approximate surface area is 114 Å². The van der Waals surface area contributed by atoms with E-state index in [9.17, 15) is 0 Å². The van der Waals surface area contributed by atoms with Crippen LogP contribution >= 0.6 is 0 Å². The minimum Gasteiger partial charge on any atom is -0.314 e. The van der Waals surface area contributed by atoms with Gasteiger partial charge < -0.3 is 10.2 Å². The summed E-state index contributed by atoms with van der Waals surface area (Å²) in [4.78, 5) is 10.8. The molecule has 0 amide bonds. The summed E-state index contributed by atoms with van der Waals surface area (Å²) in [7, 11) is 1.97. The van der Waals surface area contributed by atoms with Crippen molar-refractivity contribution in [3.63, 3.8) is 0 Å². The Morgan fingerprint density at radius 3 is 2.32 bits per heavy atom. The maximum absolute atomic E-state index is 4.41. The summed E-state index contributed by atoms with van der Waals surface area (Å²) >= 11 is 0. The normalized spacial score (nSPS) is 10.7. The van der Waals surface area contributed by atoms with Gasteiger partial charge in [-0.2, -0.15) is 0 Å². The van der Waals surface area contributed by atoms with Crippen LogP contribution in [0.1, 0.15) is 19.4 Å². The minimum absolute atomic E-state index is 0.465. The van der Waals surface area contributed by atoms with Gasteiger partial charge in [-0.3, -0.25) is 0 Å². The molecular formula is C15H20N4. The summed E-state index contributed by atoms with van der Waals surface area (Å²) < 4.78 is 0. The molecule has 0 spiro atoms. The molecule has 0 unspecified atom stereocenters. The summed E-state index contributed by atoms with van der Waals surface area (Å²) in [5, 5.41) is 3.35. The van der Waals surface area contributed by atoms with E-state index in [1.54, 1.807) is 0 Å². The highest BCUT2D eigenvalue weighted by Gasteiger charge is 2.06. The van der Waals surface area contributed by atoms with Crippen LogP contribution in [0.3, 0.4) is 0 Å². The van der Waals surface area contributed by atoms with Gasteiger partial charge in [0.2, 0.25) is 5.95 Å². The van der Waals surface area contributed by atoms with Gasteiger partial charge in [0, 0.05) is 43.3 Å². The van der Waals surface area contributed by atoms with Crippen LogP contribution < -0.4 is 10.2 Å². The lowest BCUT2D eigenvalue weighted by Crippen LogP contribution is -2.22. The topological polar surface area (TPSA) is 41.1 Å². The zero-order valence-electron chi connectivity index (χ0n) is 11.7. The number of rotatable bonds is 5. The highest BCUT2D eigenvalue weighted by molar-refractivity contribution is 5.55. The predicted octanol–water partition coefficient (Wildman–Crippen LogP) is 2.74. The van der Waals surface area contributed by atoms with E-state index in [0.29, 0.717) is 12.0 Å². The van der Waals surface area contributed by atoms with Crippen molar-refractivity contribution in [2.24, 2.45) is 0 Å². The highest BCUT2D eigenvalue weighted by Crippen LogP contribution is 2.18. The third kappa shape index (κ3) is 3.76. The molecule has 1 heterocycles. The molecule has 0 fully saturated rings. The second-order valence-corrected chi connectivity index (χ2v) is 4.82.